The molecule has 1 aliphatic heterocycles. The van der Waals surface area contributed by atoms with Crippen molar-refractivity contribution in [2.45, 2.75) is 38.5 Å². The maximum atomic E-state index is 13.6. The van der Waals surface area contributed by atoms with Crippen molar-refractivity contribution >= 4 is 45.2 Å². The maximum Gasteiger partial charge on any atom is 0.492 e. The van der Waals surface area contributed by atoms with E-state index in [1.807, 2.05) is 6.07 Å². The Balaban J connectivity index is 1.52. The van der Waals surface area contributed by atoms with Gasteiger partial charge in [0.05, 0.1) is 37.3 Å². The summed E-state index contributed by atoms with van der Waals surface area (Å²) in [5, 5.41) is 23.3. The summed E-state index contributed by atoms with van der Waals surface area (Å²) in [4.78, 5) is 13.0. The number of fused-ring (bicyclic) bond motifs is 2. The SMILES string of the molecule is CNC(=O)c1c(-c2ccc(F)cc2)oc2cc(N(Cc3cc(CO)c4c(c3)COB4O)S(C)(=O)=O)c(C3CC3)cc12. The van der Waals surface area contributed by atoms with E-state index in [0.29, 0.717) is 49.9 Å². The molecule has 2 heterocycles. The van der Waals surface area contributed by atoms with Crippen LogP contribution in [0.25, 0.3) is 22.3 Å². The highest BCUT2D eigenvalue weighted by Gasteiger charge is 2.34. The smallest absolute Gasteiger partial charge is 0.455 e. The molecule has 0 spiro atoms. The second kappa shape index (κ2) is 10.3. The predicted molar refractivity (Wildman–Crippen MR) is 153 cm³/mol. The van der Waals surface area contributed by atoms with Gasteiger partial charge in [0, 0.05) is 24.1 Å². The zero-order valence-corrected chi connectivity index (χ0v) is 23.3. The van der Waals surface area contributed by atoms with Gasteiger partial charge in [0.25, 0.3) is 5.91 Å². The van der Waals surface area contributed by atoms with Crippen molar-refractivity contribution in [3.8, 4) is 11.3 Å². The van der Waals surface area contributed by atoms with Crippen LogP contribution in [0.1, 0.15) is 51.4 Å². The molecular formula is C29H28BFN2O7S. The number of amides is 1. The van der Waals surface area contributed by atoms with Crippen LogP contribution in [0.2, 0.25) is 0 Å². The molecule has 6 rings (SSSR count). The monoisotopic (exact) mass is 578 g/mol. The number of benzene rings is 3. The van der Waals surface area contributed by atoms with Crippen LogP contribution < -0.4 is 15.1 Å². The Hall–Kier alpha value is -3.71. The molecular weight excluding hydrogens is 550 g/mol. The highest BCUT2D eigenvalue weighted by Crippen LogP contribution is 2.48. The van der Waals surface area contributed by atoms with Crippen molar-refractivity contribution in [1.29, 1.82) is 0 Å². The number of aliphatic hydroxyl groups excluding tert-OH is 1. The molecule has 212 valence electrons. The van der Waals surface area contributed by atoms with Crippen LogP contribution in [0.5, 0.6) is 0 Å². The van der Waals surface area contributed by atoms with Gasteiger partial charge in [0.1, 0.15) is 17.2 Å². The standard InChI is InChI=1S/C29H28BFN2O7S/c1-32-29(35)26-23-11-22(17-3-4-17)24(12-25(23)40-28(26)18-5-7-21(31)8-6-18)33(41(2,37)38)13-16-9-19(14-34)27-20(10-16)15-39-30(27)36/h5-12,17,34,36H,3-4,13-15H2,1-2H3,(H,32,35). The van der Waals surface area contributed by atoms with Crippen molar-refractivity contribution in [3.63, 3.8) is 0 Å². The Labute approximate surface area is 236 Å². The van der Waals surface area contributed by atoms with Gasteiger partial charge in [-0.2, -0.15) is 0 Å². The average Bonchev–Trinajstić information content (AvgIpc) is 3.63. The lowest BCUT2D eigenvalue weighted by atomic mass is 9.75. The Bertz CT molecular complexity index is 1790. The molecule has 0 radical (unpaired) electrons. The van der Waals surface area contributed by atoms with Crippen LogP contribution in [0.4, 0.5) is 10.1 Å². The number of halogens is 1. The molecule has 1 saturated carbocycles. The molecule has 41 heavy (non-hydrogen) atoms. The first kappa shape index (κ1) is 27.5. The zero-order valence-electron chi connectivity index (χ0n) is 22.5. The van der Waals surface area contributed by atoms with E-state index in [1.54, 1.807) is 18.2 Å². The number of rotatable bonds is 8. The van der Waals surface area contributed by atoms with E-state index in [9.17, 15) is 27.7 Å². The van der Waals surface area contributed by atoms with E-state index < -0.39 is 23.0 Å². The quantitative estimate of drug-likeness (QED) is 0.274. The third-order valence-corrected chi connectivity index (χ3v) is 8.76. The molecule has 3 aromatic carbocycles. The first-order valence-electron chi connectivity index (χ1n) is 13.2. The summed E-state index contributed by atoms with van der Waals surface area (Å²) in [6.07, 6.45) is 2.87. The predicted octanol–water partition coefficient (Wildman–Crippen LogP) is 3.15. The van der Waals surface area contributed by atoms with Gasteiger partial charge in [0.15, 0.2) is 0 Å². The minimum Gasteiger partial charge on any atom is -0.455 e. The van der Waals surface area contributed by atoms with Crippen molar-refractivity contribution in [3.05, 3.63) is 82.2 Å². The zero-order chi connectivity index (χ0) is 29.1. The summed E-state index contributed by atoms with van der Waals surface area (Å²) >= 11 is 0. The second-order valence-corrected chi connectivity index (χ2v) is 12.4. The molecule has 2 aliphatic rings. The topological polar surface area (TPSA) is 129 Å². The molecule has 0 bridgehead atoms. The van der Waals surface area contributed by atoms with E-state index in [2.05, 4.69) is 5.32 Å². The molecule has 1 aliphatic carbocycles. The van der Waals surface area contributed by atoms with Crippen molar-refractivity contribution in [2.24, 2.45) is 0 Å². The number of furan rings is 1. The van der Waals surface area contributed by atoms with Gasteiger partial charge in [-0.25, -0.2) is 12.8 Å². The number of aliphatic hydroxyl groups is 1. The van der Waals surface area contributed by atoms with Crippen LogP contribution >= 0.6 is 0 Å². The molecule has 0 saturated heterocycles. The fourth-order valence-corrected chi connectivity index (χ4v) is 6.45. The Kier molecular flexibility index (Phi) is 6.89. The van der Waals surface area contributed by atoms with Gasteiger partial charge in [-0.05, 0) is 76.8 Å². The fourth-order valence-electron chi connectivity index (χ4n) is 5.55. The number of carbonyl (C=O) groups excluding carboxylic acids is 1. The number of nitrogens with zero attached hydrogens (tertiary/aromatic N) is 1. The number of sulfonamides is 1. The van der Waals surface area contributed by atoms with Crippen LogP contribution in [0, 0.1) is 5.82 Å². The minimum atomic E-state index is -3.81. The first-order valence-corrected chi connectivity index (χ1v) is 15.0. The summed E-state index contributed by atoms with van der Waals surface area (Å²) in [5.41, 5.74) is 4.62. The second-order valence-electron chi connectivity index (χ2n) is 10.5. The summed E-state index contributed by atoms with van der Waals surface area (Å²) in [7, 11) is -3.44. The van der Waals surface area contributed by atoms with Crippen molar-refractivity contribution in [2.75, 3.05) is 17.6 Å². The van der Waals surface area contributed by atoms with Gasteiger partial charge >= 0.3 is 7.12 Å². The summed E-state index contributed by atoms with van der Waals surface area (Å²) in [6.45, 7) is -0.222. The van der Waals surface area contributed by atoms with E-state index >= 15 is 0 Å². The van der Waals surface area contributed by atoms with Gasteiger partial charge in [-0.3, -0.25) is 9.10 Å². The van der Waals surface area contributed by atoms with Gasteiger partial charge in [-0.1, -0.05) is 12.1 Å². The Morgan fingerprint density at radius 2 is 1.90 bits per heavy atom. The number of nitrogens with one attached hydrogen (secondary N) is 1. The highest BCUT2D eigenvalue weighted by atomic mass is 32.2. The number of carbonyl (C=O) groups is 1. The van der Waals surface area contributed by atoms with Crippen LogP contribution in [0.3, 0.4) is 0 Å². The molecule has 12 heteroatoms. The Morgan fingerprint density at radius 1 is 1.17 bits per heavy atom. The lowest BCUT2D eigenvalue weighted by Crippen LogP contribution is -2.33. The third kappa shape index (κ3) is 5.01. The maximum absolute atomic E-state index is 13.6. The van der Waals surface area contributed by atoms with Crippen LogP contribution in [0.15, 0.2) is 52.9 Å². The summed E-state index contributed by atoms with van der Waals surface area (Å²) in [6, 6.07) is 12.5. The van der Waals surface area contributed by atoms with Gasteiger partial charge in [0.2, 0.25) is 10.0 Å². The van der Waals surface area contributed by atoms with Gasteiger partial charge in [-0.15, -0.1) is 0 Å². The molecule has 9 nitrogen and oxygen atoms in total. The summed E-state index contributed by atoms with van der Waals surface area (Å²) in [5.74, 6) is -0.437. The fraction of sp³-hybridized carbons (Fsp3) is 0.276. The molecule has 1 aromatic heterocycles. The van der Waals surface area contributed by atoms with Gasteiger partial charge < -0.3 is 24.5 Å². The molecule has 0 unspecified atom stereocenters. The van der Waals surface area contributed by atoms with Crippen LogP contribution in [-0.2, 0) is 34.4 Å². The molecule has 4 aromatic rings. The Morgan fingerprint density at radius 3 is 2.54 bits per heavy atom. The molecule has 0 atom stereocenters. The lowest BCUT2D eigenvalue weighted by Gasteiger charge is -2.26. The number of anilines is 1. The molecule has 3 N–H and O–H groups in total. The normalized spacial score (nSPS) is 14.9. The molecule has 1 amide bonds. The number of hydrogen-bond donors (Lipinski definition) is 3. The van der Waals surface area contributed by atoms with Crippen molar-refractivity contribution < 1.29 is 36.8 Å². The largest absolute Gasteiger partial charge is 0.492 e. The van der Waals surface area contributed by atoms with Crippen LogP contribution in [-0.4, -0.2) is 44.9 Å². The van der Waals surface area contributed by atoms with Crippen molar-refractivity contribution in [1.82, 2.24) is 5.32 Å². The minimum absolute atomic E-state index is 0.0335. The van der Waals surface area contributed by atoms with E-state index in [4.69, 9.17) is 9.07 Å². The highest BCUT2D eigenvalue weighted by molar-refractivity contribution is 7.92. The third-order valence-electron chi connectivity index (χ3n) is 7.64. The van der Waals surface area contributed by atoms with E-state index in [-0.39, 0.29) is 37.3 Å². The number of hydrogen-bond acceptors (Lipinski definition) is 7. The lowest BCUT2D eigenvalue weighted by molar-refractivity contribution is 0.0964. The molecule has 1 fully saturated rings. The van der Waals surface area contributed by atoms with E-state index in [1.165, 1.54) is 35.6 Å². The average molecular weight is 578 g/mol. The first-order chi connectivity index (χ1) is 19.6. The van der Waals surface area contributed by atoms with E-state index in [0.717, 1.165) is 24.7 Å². The summed E-state index contributed by atoms with van der Waals surface area (Å²) < 4.78 is 53.0.